The van der Waals surface area contributed by atoms with Crippen LogP contribution in [0.4, 0.5) is 0 Å². The van der Waals surface area contributed by atoms with Crippen LogP contribution in [0, 0.1) is 0 Å². The molecule has 2 nitrogen and oxygen atoms in total. The van der Waals surface area contributed by atoms with Crippen LogP contribution in [0.1, 0.15) is 52.0 Å². The van der Waals surface area contributed by atoms with Gasteiger partial charge in [0.25, 0.3) is 0 Å². The fourth-order valence-corrected chi connectivity index (χ4v) is 2.21. The van der Waals surface area contributed by atoms with Crippen molar-refractivity contribution in [1.29, 1.82) is 0 Å². The predicted octanol–water partition coefficient (Wildman–Crippen LogP) is 3.75. The summed E-state index contributed by atoms with van der Waals surface area (Å²) in [5.74, 6) is 0.669. The van der Waals surface area contributed by atoms with Crippen molar-refractivity contribution in [2.45, 2.75) is 52.0 Å². The molecule has 2 heteroatoms. The summed E-state index contributed by atoms with van der Waals surface area (Å²) in [6.07, 6.45) is 4.34. The Morgan fingerprint density at radius 2 is 1.71 bits per heavy atom. The molecule has 0 unspecified atom stereocenters. The predicted molar refractivity (Wildman–Crippen MR) is 75.4 cm³/mol. The van der Waals surface area contributed by atoms with E-state index in [-0.39, 0.29) is 5.54 Å². The minimum atomic E-state index is 0.0225. The smallest absolute Gasteiger partial charge is 0.126 e. The van der Waals surface area contributed by atoms with Crippen LogP contribution in [-0.2, 0) is 0 Å². The molecule has 1 aromatic carbocycles. The van der Waals surface area contributed by atoms with Crippen LogP contribution in [0.15, 0.2) is 35.3 Å². The zero-order chi connectivity index (χ0) is 12.7. The summed E-state index contributed by atoms with van der Waals surface area (Å²) in [5.41, 5.74) is 7.16. The molecule has 0 aliphatic carbocycles. The van der Waals surface area contributed by atoms with Crippen molar-refractivity contribution in [3.63, 3.8) is 0 Å². The van der Waals surface area contributed by atoms with Gasteiger partial charge in [0.15, 0.2) is 0 Å². The Kier molecular flexibility index (Phi) is 5.20. The van der Waals surface area contributed by atoms with Gasteiger partial charge in [0.2, 0.25) is 0 Å². The molecule has 0 saturated carbocycles. The van der Waals surface area contributed by atoms with Gasteiger partial charge in [-0.05, 0) is 19.3 Å². The second-order valence-electron chi connectivity index (χ2n) is 4.54. The summed E-state index contributed by atoms with van der Waals surface area (Å²) >= 11 is 0. The second-order valence-corrected chi connectivity index (χ2v) is 4.54. The Labute approximate surface area is 105 Å². The first kappa shape index (κ1) is 13.8. The highest BCUT2D eigenvalue weighted by Gasteiger charge is 2.24. The van der Waals surface area contributed by atoms with E-state index in [0.717, 1.165) is 31.2 Å². The highest BCUT2D eigenvalue weighted by atomic mass is 14.9. The Morgan fingerprint density at radius 1 is 1.12 bits per heavy atom. The zero-order valence-corrected chi connectivity index (χ0v) is 11.2. The van der Waals surface area contributed by atoms with Gasteiger partial charge in [-0.25, -0.2) is 0 Å². The number of amidine groups is 1. The molecule has 0 bridgehead atoms. The van der Waals surface area contributed by atoms with Crippen LogP contribution < -0.4 is 5.73 Å². The monoisotopic (exact) mass is 232 g/mol. The summed E-state index contributed by atoms with van der Waals surface area (Å²) < 4.78 is 0. The lowest BCUT2D eigenvalue weighted by Gasteiger charge is -2.27. The molecule has 0 amide bonds. The summed E-state index contributed by atoms with van der Waals surface area (Å²) in [6, 6.07) is 10.0. The van der Waals surface area contributed by atoms with Crippen molar-refractivity contribution in [1.82, 2.24) is 0 Å². The Balaban J connectivity index is 2.98. The molecular weight excluding hydrogens is 208 g/mol. The molecule has 0 fully saturated rings. The van der Waals surface area contributed by atoms with Crippen LogP contribution in [0.3, 0.4) is 0 Å². The van der Waals surface area contributed by atoms with E-state index in [1.807, 2.05) is 30.3 Å². The maximum absolute atomic E-state index is 6.11. The number of rotatable bonds is 6. The molecule has 0 aromatic heterocycles. The van der Waals surface area contributed by atoms with E-state index in [4.69, 9.17) is 10.7 Å². The number of hydrogen-bond acceptors (Lipinski definition) is 1. The van der Waals surface area contributed by atoms with E-state index < -0.39 is 0 Å². The van der Waals surface area contributed by atoms with E-state index >= 15 is 0 Å². The van der Waals surface area contributed by atoms with Gasteiger partial charge in [0.05, 0.1) is 5.54 Å². The van der Waals surface area contributed by atoms with Crippen molar-refractivity contribution < 1.29 is 0 Å². The van der Waals surface area contributed by atoms with Crippen molar-refractivity contribution in [3.05, 3.63) is 35.9 Å². The normalized spacial score (nSPS) is 12.8. The molecule has 2 N–H and O–H groups in total. The van der Waals surface area contributed by atoms with Crippen LogP contribution in [0.25, 0.3) is 0 Å². The van der Waals surface area contributed by atoms with Crippen LogP contribution in [-0.4, -0.2) is 11.4 Å². The summed E-state index contributed by atoms with van der Waals surface area (Å²) in [5, 5.41) is 0. The Morgan fingerprint density at radius 3 is 2.18 bits per heavy atom. The number of nitrogens with two attached hydrogens (primary N) is 1. The lowest BCUT2D eigenvalue weighted by molar-refractivity contribution is 0.367. The molecule has 1 aromatic rings. The average molecular weight is 232 g/mol. The molecule has 0 aliphatic heterocycles. The maximum atomic E-state index is 6.11. The quantitative estimate of drug-likeness (QED) is 0.588. The van der Waals surface area contributed by atoms with Gasteiger partial charge in [-0.1, -0.05) is 57.5 Å². The number of aliphatic imine (C=N–C) groups is 1. The number of nitrogens with zero attached hydrogens (tertiary/aromatic N) is 1. The minimum absolute atomic E-state index is 0.0225. The van der Waals surface area contributed by atoms with Gasteiger partial charge >= 0.3 is 0 Å². The topological polar surface area (TPSA) is 38.4 Å². The fraction of sp³-hybridized carbons (Fsp3) is 0.533. The Hall–Kier alpha value is -1.31. The van der Waals surface area contributed by atoms with E-state index in [0.29, 0.717) is 5.84 Å². The maximum Gasteiger partial charge on any atom is 0.126 e. The highest BCUT2D eigenvalue weighted by molar-refractivity contribution is 5.97. The standard InChI is InChI=1S/C15H24N2/c1-4-12-15(5-2,6-3)17-14(16)13-10-8-7-9-11-13/h7-11H,4-6,12H2,1-3H3,(H2,16,17). The molecule has 0 heterocycles. The molecule has 1 rings (SSSR count). The second kappa shape index (κ2) is 6.43. The Bertz CT molecular complexity index is 350. The van der Waals surface area contributed by atoms with Crippen LogP contribution in [0.5, 0.6) is 0 Å². The molecule has 0 atom stereocenters. The molecule has 17 heavy (non-hydrogen) atoms. The largest absolute Gasteiger partial charge is 0.383 e. The van der Waals surface area contributed by atoms with E-state index in [9.17, 15) is 0 Å². The first-order valence-electron chi connectivity index (χ1n) is 6.58. The molecule has 0 saturated heterocycles. The summed E-state index contributed by atoms with van der Waals surface area (Å²) in [7, 11) is 0. The van der Waals surface area contributed by atoms with E-state index in [1.165, 1.54) is 0 Å². The average Bonchev–Trinajstić information content (AvgIpc) is 2.39. The molecule has 94 valence electrons. The first-order valence-corrected chi connectivity index (χ1v) is 6.58. The van der Waals surface area contributed by atoms with E-state index in [2.05, 4.69) is 20.8 Å². The van der Waals surface area contributed by atoms with Gasteiger partial charge in [0.1, 0.15) is 5.84 Å². The van der Waals surface area contributed by atoms with Crippen molar-refractivity contribution in [3.8, 4) is 0 Å². The lowest BCUT2D eigenvalue weighted by Crippen LogP contribution is -2.29. The van der Waals surface area contributed by atoms with Gasteiger partial charge in [-0.15, -0.1) is 0 Å². The van der Waals surface area contributed by atoms with Crippen LogP contribution in [0.2, 0.25) is 0 Å². The third-order valence-corrected chi connectivity index (χ3v) is 3.46. The number of benzene rings is 1. The van der Waals surface area contributed by atoms with Crippen LogP contribution >= 0.6 is 0 Å². The lowest BCUT2D eigenvalue weighted by atomic mass is 9.88. The molecule has 0 aliphatic rings. The molecule has 0 radical (unpaired) electrons. The van der Waals surface area contributed by atoms with E-state index in [1.54, 1.807) is 0 Å². The zero-order valence-electron chi connectivity index (χ0n) is 11.2. The van der Waals surface area contributed by atoms with Crippen molar-refractivity contribution in [2.75, 3.05) is 0 Å². The van der Waals surface area contributed by atoms with Crippen molar-refractivity contribution >= 4 is 5.84 Å². The minimum Gasteiger partial charge on any atom is -0.383 e. The highest BCUT2D eigenvalue weighted by Crippen LogP contribution is 2.26. The van der Waals surface area contributed by atoms with Gasteiger partial charge in [-0.2, -0.15) is 0 Å². The molecular formula is C15H24N2. The van der Waals surface area contributed by atoms with Crippen molar-refractivity contribution in [2.24, 2.45) is 10.7 Å². The first-order chi connectivity index (χ1) is 8.17. The van der Waals surface area contributed by atoms with Gasteiger partial charge < -0.3 is 5.73 Å². The molecule has 0 spiro atoms. The number of hydrogen-bond donors (Lipinski definition) is 1. The SMILES string of the molecule is CCCC(CC)(CC)N=C(N)c1ccccc1. The van der Waals surface area contributed by atoms with Gasteiger partial charge in [0, 0.05) is 5.56 Å². The third-order valence-electron chi connectivity index (χ3n) is 3.46. The fourth-order valence-electron chi connectivity index (χ4n) is 2.21. The summed E-state index contributed by atoms with van der Waals surface area (Å²) in [6.45, 7) is 6.59. The van der Waals surface area contributed by atoms with Gasteiger partial charge in [-0.3, -0.25) is 4.99 Å². The summed E-state index contributed by atoms with van der Waals surface area (Å²) in [4.78, 5) is 4.80. The third kappa shape index (κ3) is 3.58.